The van der Waals surface area contributed by atoms with Gasteiger partial charge in [0, 0.05) is 38.1 Å². The first-order valence-electron chi connectivity index (χ1n) is 5.96. The predicted octanol–water partition coefficient (Wildman–Crippen LogP) is 0.404. The van der Waals surface area contributed by atoms with Gasteiger partial charge >= 0.3 is 0 Å². The third-order valence-corrected chi connectivity index (χ3v) is 3.11. The third kappa shape index (κ3) is 6.75. The third-order valence-electron chi connectivity index (χ3n) is 3.11. The molecule has 1 rings (SSSR count). The van der Waals surface area contributed by atoms with E-state index in [9.17, 15) is 4.79 Å². The minimum absolute atomic E-state index is 0. The SMILES string of the molecule is CC(NC(=O)CCN)C(C)N1CCOCC1.Cl.Cl. The molecule has 1 aliphatic heterocycles. The number of carbonyl (C=O) groups excluding carboxylic acids is 1. The van der Waals surface area contributed by atoms with E-state index in [-0.39, 0.29) is 36.8 Å². The van der Waals surface area contributed by atoms with Crippen molar-refractivity contribution in [3.63, 3.8) is 0 Å². The predicted molar refractivity (Wildman–Crippen MR) is 77.6 cm³/mol. The second-order valence-electron chi connectivity index (χ2n) is 4.28. The zero-order valence-corrected chi connectivity index (χ0v) is 12.7. The van der Waals surface area contributed by atoms with Crippen molar-refractivity contribution in [2.45, 2.75) is 32.4 Å². The molecule has 2 unspecified atom stereocenters. The van der Waals surface area contributed by atoms with Gasteiger partial charge in [0.1, 0.15) is 0 Å². The molecule has 0 aliphatic carbocycles. The summed E-state index contributed by atoms with van der Waals surface area (Å²) in [5.41, 5.74) is 5.34. The summed E-state index contributed by atoms with van der Waals surface area (Å²) in [6, 6.07) is 0.489. The number of amides is 1. The molecule has 1 amide bonds. The molecule has 0 aromatic heterocycles. The molecule has 0 spiro atoms. The Balaban J connectivity index is 0. The Kier molecular flexibility index (Phi) is 12.2. The van der Waals surface area contributed by atoms with Crippen molar-refractivity contribution >= 4 is 30.7 Å². The zero-order chi connectivity index (χ0) is 12.0. The fourth-order valence-electron chi connectivity index (χ4n) is 1.88. The minimum atomic E-state index is 0. The molecular weight excluding hydrogens is 277 g/mol. The molecule has 18 heavy (non-hydrogen) atoms. The van der Waals surface area contributed by atoms with Gasteiger partial charge in [0.05, 0.1) is 13.2 Å². The average molecular weight is 302 g/mol. The number of morpholine rings is 1. The van der Waals surface area contributed by atoms with Crippen LogP contribution in [0, 0.1) is 0 Å². The first-order chi connectivity index (χ1) is 7.65. The van der Waals surface area contributed by atoms with Crippen molar-refractivity contribution in [3.8, 4) is 0 Å². The maximum atomic E-state index is 11.4. The van der Waals surface area contributed by atoms with E-state index in [1.54, 1.807) is 0 Å². The van der Waals surface area contributed by atoms with E-state index in [2.05, 4.69) is 17.1 Å². The summed E-state index contributed by atoms with van der Waals surface area (Å²) in [4.78, 5) is 13.8. The Hall–Kier alpha value is -0.0700. The Labute approximate surface area is 122 Å². The Bertz CT molecular complexity index is 226. The maximum absolute atomic E-state index is 11.4. The lowest BCUT2D eigenvalue weighted by Crippen LogP contribution is -2.52. The van der Waals surface area contributed by atoms with Gasteiger partial charge in [-0.2, -0.15) is 0 Å². The van der Waals surface area contributed by atoms with Crippen molar-refractivity contribution in [1.29, 1.82) is 0 Å². The van der Waals surface area contributed by atoms with Gasteiger partial charge in [-0.15, -0.1) is 24.8 Å². The summed E-state index contributed by atoms with van der Waals surface area (Å²) in [6.45, 7) is 8.04. The lowest BCUT2D eigenvalue weighted by Gasteiger charge is -2.35. The second kappa shape index (κ2) is 10.8. The van der Waals surface area contributed by atoms with Crippen LogP contribution in [0.15, 0.2) is 0 Å². The number of halogens is 2. The molecule has 3 N–H and O–H groups in total. The van der Waals surface area contributed by atoms with Crippen LogP contribution in [0.1, 0.15) is 20.3 Å². The highest BCUT2D eigenvalue weighted by atomic mass is 35.5. The highest BCUT2D eigenvalue weighted by Gasteiger charge is 2.22. The summed E-state index contributed by atoms with van der Waals surface area (Å²) in [5.74, 6) is 0.0371. The van der Waals surface area contributed by atoms with Crippen LogP contribution < -0.4 is 11.1 Å². The summed E-state index contributed by atoms with van der Waals surface area (Å²) < 4.78 is 5.30. The molecule has 2 atom stereocenters. The van der Waals surface area contributed by atoms with Crippen LogP contribution in [0.4, 0.5) is 0 Å². The average Bonchev–Trinajstić information content (AvgIpc) is 2.29. The van der Waals surface area contributed by atoms with Crippen molar-refractivity contribution in [2.75, 3.05) is 32.8 Å². The fraction of sp³-hybridized carbons (Fsp3) is 0.909. The van der Waals surface area contributed by atoms with Crippen molar-refractivity contribution < 1.29 is 9.53 Å². The van der Waals surface area contributed by atoms with Gasteiger partial charge in [-0.25, -0.2) is 0 Å². The largest absolute Gasteiger partial charge is 0.379 e. The monoisotopic (exact) mass is 301 g/mol. The van der Waals surface area contributed by atoms with Crippen LogP contribution in [0.5, 0.6) is 0 Å². The van der Waals surface area contributed by atoms with Crippen LogP contribution in [0.3, 0.4) is 0 Å². The lowest BCUT2D eigenvalue weighted by molar-refractivity contribution is -0.122. The zero-order valence-electron chi connectivity index (χ0n) is 11.1. The van der Waals surface area contributed by atoms with E-state index < -0.39 is 0 Å². The van der Waals surface area contributed by atoms with Crippen LogP contribution in [0.2, 0.25) is 0 Å². The smallest absolute Gasteiger partial charge is 0.221 e. The van der Waals surface area contributed by atoms with Crippen LogP contribution >= 0.6 is 24.8 Å². The molecule has 0 radical (unpaired) electrons. The van der Waals surface area contributed by atoms with Crippen molar-refractivity contribution in [1.82, 2.24) is 10.2 Å². The van der Waals surface area contributed by atoms with Gasteiger partial charge in [0.2, 0.25) is 5.91 Å². The van der Waals surface area contributed by atoms with Gasteiger partial charge in [-0.1, -0.05) is 0 Å². The number of carbonyl (C=O) groups is 1. The number of ether oxygens (including phenoxy) is 1. The van der Waals surface area contributed by atoms with Gasteiger partial charge in [-0.05, 0) is 13.8 Å². The lowest BCUT2D eigenvalue weighted by atomic mass is 10.1. The first-order valence-corrected chi connectivity index (χ1v) is 5.96. The van der Waals surface area contributed by atoms with Gasteiger partial charge in [-0.3, -0.25) is 9.69 Å². The van der Waals surface area contributed by atoms with Crippen molar-refractivity contribution in [3.05, 3.63) is 0 Å². The molecular formula is C11H25Cl2N3O2. The highest BCUT2D eigenvalue weighted by molar-refractivity contribution is 5.85. The first kappa shape index (κ1) is 20.3. The molecule has 110 valence electrons. The number of nitrogens with zero attached hydrogens (tertiary/aromatic N) is 1. The fourth-order valence-corrected chi connectivity index (χ4v) is 1.88. The summed E-state index contributed by atoms with van der Waals surface area (Å²) in [5, 5.41) is 2.98. The van der Waals surface area contributed by atoms with Crippen LogP contribution in [0.25, 0.3) is 0 Å². The standard InChI is InChI=1S/C11H23N3O2.2ClH/c1-9(13-11(15)3-4-12)10(2)14-5-7-16-8-6-14;;/h9-10H,3-8,12H2,1-2H3,(H,13,15);2*1H. The van der Waals surface area contributed by atoms with Crippen LogP contribution in [-0.2, 0) is 9.53 Å². The molecule has 0 aromatic carbocycles. The molecule has 1 saturated heterocycles. The van der Waals surface area contributed by atoms with Gasteiger partial charge in [0.15, 0.2) is 0 Å². The Morgan fingerprint density at radius 1 is 1.33 bits per heavy atom. The molecule has 5 nitrogen and oxygen atoms in total. The summed E-state index contributed by atoms with van der Waals surface area (Å²) >= 11 is 0. The van der Waals surface area contributed by atoms with Crippen molar-refractivity contribution in [2.24, 2.45) is 5.73 Å². The van der Waals surface area contributed by atoms with Gasteiger partial charge in [0.25, 0.3) is 0 Å². The Morgan fingerprint density at radius 2 is 1.89 bits per heavy atom. The number of rotatable bonds is 5. The second-order valence-corrected chi connectivity index (χ2v) is 4.28. The van der Waals surface area contributed by atoms with E-state index in [0.29, 0.717) is 19.0 Å². The number of nitrogens with one attached hydrogen (secondary N) is 1. The highest BCUT2D eigenvalue weighted by Crippen LogP contribution is 2.07. The van der Waals surface area contributed by atoms with Gasteiger partial charge < -0.3 is 15.8 Å². The van der Waals surface area contributed by atoms with E-state index >= 15 is 0 Å². The molecule has 0 bridgehead atoms. The van der Waals surface area contributed by atoms with E-state index in [1.165, 1.54) is 0 Å². The van der Waals surface area contributed by atoms with E-state index in [0.717, 1.165) is 26.3 Å². The molecule has 7 heteroatoms. The maximum Gasteiger partial charge on any atom is 0.221 e. The van der Waals surface area contributed by atoms with Crippen LogP contribution in [-0.4, -0.2) is 55.7 Å². The number of nitrogens with two attached hydrogens (primary N) is 1. The topological polar surface area (TPSA) is 67.6 Å². The Morgan fingerprint density at radius 3 is 2.39 bits per heavy atom. The molecule has 0 saturated carbocycles. The summed E-state index contributed by atoms with van der Waals surface area (Å²) in [7, 11) is 0. The summed E-state index contributed by atoms with van der Waals surface area (Å²) in [6.07, 6.45) is 0.403. The quantitative estimate of drug-likeness (QED) is 0.772. The molecule has 1 heterocycles. The minimum Gasteiger partial charge on any atom is -0.379 e. The van der Waals surface area contributed by atoms with E-state index in [4.69, 9.17) is 10.5 Å². The molecule has 1 aliphatic rings. The molecule has 0 aromatic rings. The molecule has 1 fully saturated rings. The normalized spacial score (nSPS) is 19.1. The van der Waals surface area contributed by atoms with E-state index in [1.807, 2.05) is 6.92 Å². The number of hydrogen-bond acceptors (Lipinski definition) is 4. The number of hydrogen-bond donors (Lipinski definition) is 2.